The van der Waals surface area contributed by atoms with Crippen LogP contribution in [0.5, 0.6) is 0 Å². The molecule has 0 heterocycles. The molecule has 0 radical (unpaired) electrons. The SMILES string of the molecule is N#CC1=CCCCC1c1ccc(C(F)(F)F)cc1. The Morgan fingerprint density at radius 2 is 1.83 bits per heavy atom. The van der Waals surface area contributed by atoms with Gasteiger partial charge in [-0.3, -0.25) is 0 Å². The lowest BCUT2D eigenvalue weighted by Crippen LogP contribution is -2.08. The molecule has 0 saturated heterocycles. The zero-order valence-electron chi connectivity index (χ0n) is 9.67. The fraction of sp³-hybridized carbons (Fsp3) is 0.357. The molecule has 4 heteroatoms. The first-order chi connectivity index (χ1) is 8.52. The van der Waals surface area contributed by atoms with Crippen molar-refractivity contribution in [2.45, 2.75) is 31.4 Å². The second-order valence-corrected chi connectivity index (χ2v) is 4.37. The topological polar surface area (TPSA) is 23.8 Å². The normalized spacial score (nSPS) is 20.1. The van der Waals surface area contributed by atoms with Crippen LogP contribution >= 0.6 is 0 Å². The maximum absolute atomic E-state index is 12.4. The highest BCUT2D eigenvalue weighted by atomic mass is 19.4. The number of hydrogen-bond donors (Lipinski definition) is 0. The van der Waals surface area contributed by atoms with E-state index in [0.717, 1.165) is 37.0 Å². The van der Waals surface area contributed by atoms with Crippen molar-refractivity contribution in [3.63, 3.8) is 0 Å². The Bertz CT molecular complexity index is 491. The van der Waals surface area contributed by atoms with Gasteiger partial charge in [-0.15, -0.1) is 0 Å². The first-order valence-electron chi connectivity index (χ1n) is 5.79. The Morgan fingerprint density at radius 1 is 1.17 bits per heavy atom. The summed E-state index contributed by atoms with van der Waals surface area (Å²) in [5, 5.41) is 9.01. The van der Waals surface area contributed by atoms with Crippen molar-refractivity contribution in [1.29, 1.82) is 5.26 Å². The number of alkyl halides is 3. The average molecular weight is 251 g/mol. The summed E-state index contributed by atoms with van der Waals surface area (Å²) in [7, 11) is 0. The van der Waals surface area contributed by atoms with Gasteiger partial charge in [0.2, 0.25) is 0 Å². The first kappa shape index (κ1) is 12.7. The molecule has 0 amide bonds. The van der Waals surface area contributed by atoms with Crippen LogP contribution in [0.25, 0.3) is 0 Å². The number of nitrogens with zero attached hydrogens (tertiary/aromatic N) is 1. The number of halogens is 3. The van der Waals surface area contributed by atoms with Gasteiger partial charge in [0.25, 0.3) is 0 Å². The van der Waals surface area contributed by atoms with Gasteiger partial charge in [0, 0.05) is 11.5 Å². The Morgan fingerprint density at radius 3 is 2.39 bits per heavy atom. The van der Waals surface area contributed by atoms with Gasteiger partial charge in [0.15, 0.2) is 0 Å². The molecule has 0 fully saturated rings. The minimum absolute atomic E-state index is 0.0500. The minimum Gasteiger partial charge on any atom is -0.193 e. The van der Waals surface area contributed by atoms with Crippen LogP contribution in [-0.4, -0.2) is 0 Å². The quantitative estimate of drug-likeness (QED) is 0.724. The van der Waals surface area contributed by atoms with Gasteiger partial charge in [-0.05, 0) is 37.0 Å². The zero-order chi connectivity index (χ0) is 13.2. The van der Waals surface area contributed by atoms with Gasteiger partial charge in [0.05, 0.1) is 11.6 Å². The monoisotopic (exact) mass is 251 g/mol. The molecule has 0 aliphatic heterocycles. The van der Waals surface area contributed by atoms with E-state index in [0.29, 0.717) is 5.57 Å². The van der Waals surface area contributed by atoms with Crippen molar-refractivity contribution in [3.05, 3.63) is 47.0 Å². The highest BCUT2D eigenvalue weighted by molar-refractivity contribution is 5.39. The van der Waals surface area contributed by atoms with E-state index in [4.69, 9.17) is 5.26 Å². The second kappa shape index (κ2) is 4.85. The zero-order valence-corrected chi connectivity index (χ0v) is 9.67. The standard InChI is InChI=1S/C14H12F3N/c15-14(16,17)12-7-5-10(6-8-12)13-4-2-1-3-11(13)9-18/h3,5-8,13H,1-2,4H2. The van der Waals surface area contributed by atoms with E-state index >= 15 is 0 Å². The number of rotatable bonds is 1. The smallest absolute Gasteiger partial charge is 0.193 e. The summed E-state index contributed by atoms with van der Waals surface area (Å²) in [4.78, 5) is 0. The average Bonchev–Trinajstić information content (AvgIpc) is 2.38. The molecular weight excluding hydrogens is 239 g/mol. The molecule has 0 saturated carbocycles. The highest BCUT2D eigenvalue weighted by Gasteiger charge is 2.30. The lowest BCUT2D eigenvalue weighted by atomic mass is 9.83. The van der Waals surface area contributed by atoms with Crippen LogP contribution in [0.15, 0.2) is 35.9 Å². The Hall–Kier alpha value is -1.76. The van der Waals surface area contributed by atoms with E-state index in [1.54, 1.807) is 0 Å². The Kier molecular flexibility index (Phi) is 3.42. The van der Waals surface area contributed by atoms with Crippen LogP contribution in [0.3, 0.4) is 0 Å². The second-order valence-electron chi connectivity index (χ2n) is 4.37. The maximum atomic E-state index is 12.4. The predicted octanol–water partition coefficient (Wildman–Crippen LogP) is 4.42. The third kappa shape index (κ3) is 2.56. The molecule has 0 aromatic heterocycles. The van der Waals surface area contributed by atoms with Crippen LogP contribution in [0.1, 0.15) is 36.3 Å². The fourth-order valence-electron chi connectivity index (χ4n) is 2.25. The number of benzene rings is 1. The molecular formula is C14H12F3N. The number of hydrogen-bond acceptors (Lipinski definition) is 1. The van der Waals surface area contributed by atoms with Crippen LogP contribution in [0.4, 0.5) is 13.2 Å². The molecule has 0 N–H and O–H groups in total. The van der Waals surface area contributed by atoms with Crippen LogP contribution in [0, 0.1) is 11.3 Å². The van der Waals surface area contributed by atoms with E-state index in [1.165, 1.54) is 12.1 Å². The fourth-order valence-corrected chi connectivity index (χ4v) is 2.25. The van der Waals surface area contributed by atoms with Crippen LogP contribution in [-0.2, 0) is 6.18 Å². The van der Waals surface area contributed by atoms with E-state index in [-0.39, 0.29) is 5.92 Å². The van der Waals surface area contributed by atoms with Crippen LogP contribution < -0.4 is 0 Å². The molecule has 0 spiro atoms. The van der Waals surface area contributed by atoms with Gasteiger partial charge in [-0.25, -0.2) is 0 Å². The minimum atomic E-state index is -4.31. The molecule has 1 aromatic carbocycles. The third-order valence-corrected chi connectivity index (χ3v) is 3.21. The van der Waals surface area contributed by atoms with Gasteiger partial charge >= 0.3 is 6.18 Å². The van der Waals surface area contributed by atoms with E-state index in [2.05, 4.69) is 6.07 Å². The first-order valence-corrected chi connectivity index (χ1v) is 5.79. The van der Waals surface area contributed by atoms with Gasteiger partial charge in [-0.1, -0.05) is 18.2 Å². The van der Waals surface area contributed by atoms with Crippen molar-refractivity contribution in [1.82, 2.24) is 0 Å². The van der Waals surface area contributed by atoms with Gasteiger partial charge in [-0.2, -0.15) is 18.4 Å². The summed E-state index contributed by atoms with van der Waals surface area (Å²) < 4.78 is 37.3. The summed E-state index contributed by atoms with van der Waals surface area (Å²) in [6, 6.07) is 7.25. The molecule has 1 aromatic rings. The van der Waals surface area contributed by atoms with Crippen molar-refractivity contribution in [2.75, 3.05) is 0 Å². The van der Waals surface area contributed by atoms with Crippen molar-refractivity contribution in [2.24, 2.45) is 0 Å². The molecule has 0 bridgehead atoms. The number of nitriles is 1. The summed E-state index contributed by atoms with van der Waals surface area (Å²) in [6.45, 7) is 0. The molecule has 1 atom stereocenters. The van der Waals surface area contributed by atoms with Crippen LogP contribution in [0.2, 0.25) is 0 Å². The summed E-state index contributed by atoms with van der Waals surface area (Å²) in [5.41, 5.74) is 0.807. The van der Waals surface area contributed by atoms with Crippen molar-refractivity contribution in [3.8, 4) is 6.07 Å². The molecule has 2 rings (SSSR count). The van der Waals surface area contributed by atoms with Gasteiger partial charge < -0.3 is 0 Å². The Labute approximate surface area is 104 Å². The molecule has 1 aliphatic carbocycles. The van der Waals surface area contributed by atoms with Crippen molar-refractivity contribution >= 4 is 0 Å². The lowest BCUT2D eigenvalue weighted by molar-refractivity contribution is -0.137. The Balaban J connectivity index is 2.27. The molecule has 1 unspecified atom stereocenters. The lowest BCUT2D eigenvalue weighted by Gasteiger charge is -2.20. The van der Waals surface area contributed by atoms with E-state index < -0.39 is 11.7 Å². The highest BCUT2D eigenvalue weighted by Crippen LogP contribution is 2.35. The van der Waals surface area contributed by atoms with E-state index in [1.807, 2.05) is 6.08 Å². The van der Waals surface area contributed by atoms with E-state index in [9.17, 15) is 13.2 Å². The van der Waals surface area contributed by atoms with Gasteiger partial charge in [0.1, 0.15) is 0 Å². The maximum Gasteiger partial charge on any atom is 0.416 e. The summed E-state index contributed by atoms with van der Waals surface area (Å²) >= 11 is 0. The van der Waals surface area contributed by atoms with Crippen molar-refractivity contribution < 1.29 is 13.2 Å². The molecule has 18 heavy (non-hydrogen) atoms. The number of allylic oxidation sites excluding steroid dienone is 2. The largest absolute Gasteiger partial charge is 0.416 e. The predicted molar refractivity (Wildman–Crippen MR) is 61.7 cm³/mol. The molecule has 1 nitrogen and oxygen atoms in total. The molecule has 94 valence electrons. The summed E-state index contributed by atoms with van der Waals surface area (Å²) in [5.74, 6) is -0.0500. The third-order valence-electron chi connectivity index (χ3n) is 3.21. The summed E-state index contributed by atoms with van der Waals surface area (Å²) in [6.07, 6.45) is 0.243. The molecule has 1 aliphatic rings.